The van der Waals surface area contributed by atoms with Crippen LogP contribution >= 0.6 is 0 Å². The van der Waals surface area contributed by atoms with Crippen molar-refractivity contribution in [3.05, 3.63) is 54.2 Å². The minimum absolute atomic E-state index is 0.235. The lowest BCUT2D eigenvalue weighted by Crippen LogP contribution is -2.13. The van der Waals surface area contributed by atoms with Crippen LogP contribution in [0.1, 0.15) is 10.4 Å². The van der Waals surface area contributed by atoms with E-state index in [1.54, 1.807) is 18.2 Å². The van der Waals surface area contributed by atoms with E-state index in [1.807, 2.05) is 30.5 Å². The number of rotatable bonds is 3. The third kappa shape index (κ3) is 2.53. The summed E-state index contributed by atoms with van der Waals surface area (Å²) in [7, 11) is 1.51. The van der Waals surface area contributed by atoms with Gasteiger partial charge in [-0.25, -0.2) is 0 Å². The van der Waals surface area contributed by atoms with Crippen molar-refractivity contribution in [2.24, 2.45) is 0 Å². The number of fused-ring (bicyclic) bond motifs is 1. The van der Waals surface area contributed by atoms with Crippen LogP contribution in [0.15, 0.2) is 48.7 Å². The van der Waals surface area contributed by atoms with Gasteiger partial charge < -0.3 is 20.8 Å². The van der Waals surface area contributed by atoms with E-state index >= 15 is 0 Å². The Labute approximate surface area is 121 Å². The number of hydrogen-bond acceptors (Lipinski definition) is 3. The summed E-state index contributed by atoms with van der Waals surface area (Å²) in [4.78, 5) is 15.4. The summed E-state index contributed by atoms with van der Waals surface area (Å²) in [5, 5.41) is 3.90. The largest absolute Gasteiger partial charge is 0.496 e. The van der Waals surface area contributed by atoms with Crippen LogP contribution in [0.3, 0.4) is 0 Å². The molecule has 0 aliphatic heterocycles. The normalized spacial score (nSPS) is 10.5. The second-order valence-corrected chi connectivity index (χ2v) is 4.69. The highest BCUT2D eigenvalue weighted by Crippen LogP contribution is 2.24. The van der Waals surface area contributed by atoms with Crippen LogP contribution in [0.4, 0.5) is 11.4 Å². The molecule has 0 saturated heterocycles. The van der Waals surface area contributed by atoms with Crippen LogP contribution in [0.5, 0.6) is 5.75 Å². The molecule has 0 spiro atoms. The molecule has 0 bridgehead atoms. The Kier molecular flexibility index (Phi) is 3.23. The Morgan fingerprint density at radius 3 is 2.86 bits per heavy atom. The van der Waals surface area contributed by atoms with Gasteiger partial charge in [0.1, 0.15) is 5.75 Å². The lowest BCUT2D eigenvalue weighted by Gasteiger charge is -2.10. The number of nitrogens with two attached hydrogens (primary N) is 1. The van der Waals surface area contributed by atoms with E-state index in [2.05, 4.69) is 10.3 Å². The quantitative estimate of drug-likeness (QED) is 0.645. The predicted octanol–water partition coefficient (Wildman–Crippen LogP) is 3.01. The van der Waals surface area contributed by atoms with Crippen molar-refractivity contribution in [1.29, 1.82) is 0 Å². The lowest BCUT2D eigenvalue weighted by atomic mass is 10.1. The van der Waals surface area contributed by atoms with Gasteiger partial charge in [0, 0.05) is 34.5 Å². The topological polar surface area (TPSA) is 80.1 Å². The number of H-pyrrole nitrogens is 1. The van der Waals surface area contributed by atoms with Gasteiger partial charge in [0.2, 0.25) is 0 Å². The number of nitrogens with one attached hydrogen (secondary N) is 2. The Morgan fingerprint density at radius 2 is 2.05 bits per heavy atom. The standard InChI is InChI=1S/C16H15N3O2/c1-21-15-9-11(17)2-4-13(15)16(20)19-12-3-5-14-10(8-12)6-7-18-14/h2-9,18H,17H2,1H3,(H,19,20). The molecule has 3 aromatic rings. The molecule has 0 aliphatic rings. The van der Waals surface area contributed by atoms with Crippen molar-refractivity contribution in [2.75, 3.05) is 18.2 Å². The summed E-state index contributed by atoms with van der Waals surface area (Å²) in [6.07, 6.45) is 1.86. The van der Waals surface area contributed by atoms with E-state index in [1.165, 1.54) is 7.11 Å². The number of amides is 1. The van der Waals surface area contributed by atoms with Crippen molar-refractivity contribution in [2.45, 2.75) is 0 Å². The molecule has 1 heterocycles. The minimum atomic E-state index is -0.235. The van der Waals surface area contributed by atoms with Gasteiger partial charge in [-0.2, -0.15) is 0 Å². The average Bonchev–Trinajstić information content (AvgIpc) is 2.94. The molecule has 0 unspecified atom stereocenters. The first-order valence-corrected chi connectivity index (χ1v) is 6.49. The van der Waals surface area contributed by atoms with Crippen LogP contribution < -0.4 is 15.8 Å². The first-order valence-electron chi connectivity index (χ1n) is 6.49. The van der Waals surface area contributed by atoms with Gasteiger partial charge in [-0.15, -0.1) is 0 Å². The lowest BCUT2D eigenvalue weighted by molar-refractivity contribution is 0.102. The zero-order valence-corrected chi connectivity index (χ0v) is 11.5. The highest BCUT2D eigenvalue weighted by molar-refractivity contribution is 6.07. The van der Waals surface area contributed by atoms with Crippen molar-refractivity contribution < 1.29 is 9.53 Å². The second-order valence-electron chi connectivity index (χ2n) is 4.69. The number of aromatic nitrogens is 1. The Balaban J connectivity index is 1.88. The van der Waals surface area contributed by atoms with Crippen LogP contribution in [-0.2, 0) is 0 Å². The molecule has 106 valence electrons. The number of nitrogen functional groups attached to an aromatic ring is 1. The fourth-order valence-corrected chi connectivity index (χ4v) is 2.22. The van der Waals surface area contributed by atoms with E-state index in [-0.39, 0.29) is 5.91 Å². The van der Waals surface area contributed by atoms with Crippen molar-refractivity contribution >= 4 is 28.2 Å². The molecule has 0 aliphatic carbocycles. The zero-order valence-electron chi connectivity index (χ0n) is 11.5. The maximum atomic E-state index is 12.3. The fourth-order valence-electron chi connectivity index (χ4n) is 2.22. The maximum absolute atomic E-state index is 12.3. The van der Waals surface area contributed by atoms with Gasteiger partial charge in [-0.05, 0) is 36.4 Å². The molecule has 3 rings (SSSR count). The van der Waals surface area contributed by atoms with Crippen LogP contribution in [0.2, 0.25) is 0 Å². The molecule has 1 amide bonds. The molecular weight excluding hydrogens is 266 g/mol. The Bertz CT molecular complexity index is 808. The number of methoxy groups -OCH3 is 1. The van der Waals surface area contributed by atoms with Gasteiger partial charge in [-0.1, -0.05) is 0 Å². The Morgan fingerprint density at radius 1 is 1.19 bits per heavy atom. The molecule has 2 aromatic carbocycles. The summed E-state index contributed by atoms with van der Waals surface area (Å²) in [5.41, 5.74) is 8.44. The molecule has 5 nitrogen and oxygen atoms in total. The molecule has 0 atom stereocenters. The third-order valence-electron chi connectivity index (χ3n) is 3.28. The predicted molar refractivity (Wildman–Crippen MR) is 83.7 cm³/mol. The zero-order chi connectivity index (χ0) is 14.8. The van der Waals surface area contributed by atoms with Crippen molar-refractivity contribution in [3.8, 4) is 5.75 Å². The average molecular weight is 281 g/mol. The monoisotopic (exact) mass is 281 g/mol. The number of hydrogen-bond donors (Lipinski definition) is 3. The van der Waals surface area contributed by atoms with Crippen LogP contribution in [0, 0.1) is 0 Å². The van der Waals surface area contributed by atoms with Gasteiger partial charge >= 0.3 is 0 Å². The van der Waals surface area contributed by atoms with E-state index in [9.17, 15) is 4.79 Å². The first-order chi connectivity index (χ1) is 10.2. The first kappa shape index (κ1) is 13.1. The molecule has 0 saturated carbocycles. The van der Waals surface area contributed by atoms with E-state index in [0.29, 0.717) is 17.0 Å². The number of carbonyl (C=O) groups excluding carboxylic acids is 1. The summed E-state index contributed by atoms with van der Waals surface area (Å²) in [6, 6.07) is 12.6. The summed E-state index contributed by atoms with van der Waals surface area (Å²) in [5.74, 6) is 0.219. The number of ether oxygens (including phenoxy) is 1. The van der Waals surface area contributed by atoms with Crippen molar-refractivity contribution in [1.82, 2.24) is 4.98 Å². The number of anilines is 2. The number of benzene rings is 2. The number of carbonyl (C=O) groups is 1. The van der Waals surface area contributed by atoms with Crippen LogP contribution in [0.25, 0.3) is 10.9 Å². The van der Waals surface area contributed by atoms with E-state index < -0.39 is 0 Å². The summed E-state index contributed by atoms with van der Waals surface area (Å²) < 4.78 is 5.20. The smallest absolute Gasteiger partial charge is 0.259 e. The SMILES string of the molecule is COc1cc(N)ccc1C(=O)Nc1ccc2[nH]ccc2c1. The minimum Gasteiger partial charge on any atom is -0.496 e. The Hall–Kier alpha value is -2.95. The molecule has 0 fully saturated rings. The molecule has 5 heteroatoms. The van der Waals surface area contributed by atoms with Crippen LogP contribution in [-0.4, -0.2) is 18.0 Å². The fraction of sp³-hybridized carbons (Fsp3) is 0.0625. The molecule has 0 radical (unpaired) electrons. The van der Waals surface area contributed by atoms with Gasteiger partial charge in [-0.3, -0.25) is 4.79 Å². The van der Waals surface area contributed by atoms with E-state index in [0.717, 1.165) is 16.6 Å². The molecule has 1 aromatic heterocycles. The summed E-state index contributed by atoms with van der Waals surface area (Å²) in [6.45, 7) is 0. The van der Waals surface area contributed by atoms with Crippen molar-refractivity contribution in [3.63, 3.8) is 0 Å². The third-order valence-corrected chi connectivity index (χ3v) is 3.28. The second kappa shape index (κ2) is 5.20. The van der Waals surface area contributed by atoms with Gasteiger partial charge in [0.05, 0.1) is 12.7 Å². The molecule has 4 N–H and O–H groups in total. The van der Waals surface area contributed by atoms with E-state index in [4.69, 9.17) is 10.5 Å². The van der Waals surface area contributed by atoms with Gasteiger partial charge in [0.15, 0.2) is 0 Å². The number of aromatic amines is 1. The molecule has 21 heavy (non-hydrogen) atoms. The summed E-state index contributed by atoms with van der Waals surface area (Å²) >= 11 is 0. The molecular formula is C16H15N3O2. The van der Waals surface area contributed by atoms with Gasteiger partial charge in [0.25, 0.3) is 5.91 Å². The highest BCUT2D eigenvalue weighted by Gasteiger charge is 2.13. The highest BCUT2D eigenvalue weighted by atomic mass is 16.5. The maximum Gasteiger partial charge on any atom is 0.259 e.